The molecule has 0 heterocycles. The summed E-state index contributed by atoms with van der Waals surface area (Å²) in [6.45, 7) is 3.83. The topological polar surface area (TPSA) is 63.3 Å². The molecule has 0 bridgehead atoms. The number of aryl methyl sites for hydroxylation is 1. The van der Waals surface area contributed by atoms with Crippen LogP contribution >= 0.6 is 0 Å². The zero-order valence-corrected chi connectivity index (χ0v) is 9.10. The predicted octanol–water partition coefficient (Wildman–Crippen LogP) is 1.90. The molecule has 0 aliphatic heterocycles. The molecular weight excluding hydrogens is 190 g/mol. The average Bonchev–Trinajstić information content (AvgIpc) is 2.13. The molecule has 1 aromatic rings. The Labute approximate surface area is 89.9 Å². The lowest BCUT2D eigenvalue weighted by atomic mass is 9.89. The monoisotopic (exact) mass is 207 g/mol. The van der Waals surface area contributed by atoms with Crippen molar-refractivity contribution in [3.63, 3.8) is 0 Å². The molecule has 0 radical (unpaired) electrons. The maximum absolute atomic E-state index is 10.7. The summed E-state index contributed by atoms with van der Waals surface area (Å²) < 4.78 is 0. The highest BCUT2D eigenvalue weighted by atomic mass is 16.4. The normalized spacial score (nSPS) is 14.6. The number of rotatable bonds is 4. The second kappa shape index (κ2) is 4.94. The van der Waals surface area contributed by atoms with Gasteiger partial charge in [0.2, 0.25) is 0 Å². The van der Waals surface area contributed by atoms with E-state index in [1.165, 1.54) is 0 Å². The van der Waals surface area contributed by atoms with Gasteiger partial charge in [-0.05, 0) is 19.4 Å². The van der Waals surface area contributed by atoms with Crippen molar-refractivity contribution in [1.82, 2.24) is 0 Å². The van der Waals surface area contributed by atoms with E-state index in [0.717, 1.165) is 11.1 Å². The maximum atomic E-state index is 10.7. The van der Waals surface area contributed by atoms with E-state index in [2.05, 4.69) is 0 Å². The van der Waals surface area contributed by atoms with E-state index in [4.69, 9.17) is 10.8 Å². The largest absolute Gasteiger partial charge is 0.481 e. The van der Waals surface area contributed by atoms with E-state index in [9.17, 15) is 4.79 Å². The molecule has 2 atom stereocenters. The van der Waals surface area contributed by atoms with Crippen LogP contribution in [-0.2, 0) is 4.79 Å². The number of benzene rings is 1. The number of aliphatic carboxylic acids is 1. The van der Waals surface area contributed by atoms with Gasteiger partial charge >= 0.3 is 5.97 Å². The minimum Gasteiger partial charge on any atom is -0.481 e. The van der Waals surface area contributed by atoms with E-state index in [1.54, 1.807) is 0 Å². The van der Waals surface area contributed by atoms with Crippen molar-refractivity contribution in [2.45, 2.75) is 32.2 Å². The van der Waals surface area contributed by atoms with Crippen LogP contribution < -0.4 is 5.73 Å². The molecule has 0 aromatic heterocycles. The molecular formula is C12H17NO2. The molecule has 3 nitrogen and oxygen atoms in total. The highest BCUT2D eigenvalue weighted by Gasteiger charge is 2.19. The minimum atomic E-state index is -0.807. The van der Waals surface area contributed by atoms with Gasteiger partial charge in [-0.2, -0.15) is 0 Å². The first-order valence-corrected chi connectivity index (χ1v) is 5.04. The van der Waals surface area contributed by atoms with Gasteiger partial charge < -0.3 is 10.8 Å². The number of nitrogens with two attached hydrogens (primary N) is 1. The fourth-order valence-electron chi connectivity index (χ4n) is 1.70. The molecule has 0 fully saturated rings. The molecule has 82 valence electrons. The molecule has 1 rings (SSSR count). The molecule has 0 aliphatic carbocycles. The first kappa shape index (κ1) is 11.7. The lowest BCUT2D eigenvalue weighted by molar-refractivity contribution is -0.137. The summed E-state index contributed by atoms with van der Waals surface area (Å²) in [7, 11) is 0. The number of carboxylic acids is 1. The first-order valence-electron chi connectivity index (χ1n) is 5.04. The Morgan fingerprint density at radius 2 is 2.20 bits per heavy atom. The van der Waals surface area contributed by atoms with E-state index >= 15 is 0 Å². The molecule has 0 amide bonds. The zero-order chi connectivity index (χ0) is 11.4. The minimum absolute atomic E-state index is 0.0844. The van der Waals surface area contributed by atoms with Crippen LogP contribution in [0.3, 0.4) is 0 Å². The predicted molar refractivity (Wildman–Crippen MR) is 59.8 cm³/mol. The van der Waals surface area contributed by atoms with Crippen LogP contribution in [0.25, 0.3) is 0 Å². The summed E-state index contributed by atoms with van der Waals surface area (Å²) in [5, 5.41) is 8.81. The SMILES string of the molecule is Cc1cccc(C(CC(=O)O)C(C)N)c1. The third-order valence-electron chi connectivity index (χ3n) is 2.50. The van der Waals surface area contributed by atoms with Gasteiger partial charge in [-0.1, -0.05) is 29.8 Å². The molecule has 0 saturated heterocycles. The molecule has 15 heavy (non-hydrogen) atoms. The van der Waals surface area contributed by atoms with Crippen molar-refractivity contribution < 1.29 is 9.90 Å². The second-order valence-electron chi connectivity index (χ2n) is 3.98. The average molecular weight is 207 g/mol. The zero-order valence-electron chi connectivity index (χ0n) is 9.10. The Morgan fingerprint density at radius 1 is 1.53 bits per heavy atom. The molecule has 0 aliphatic rings. The van der Waals surface area contributed by atoms with E-state index < -0.39 is 5.97 Å². The number of carboxylic acid groups (broad SMARTS) is 1. The van der Waals surface area contributed by atoms with Crippen LogP contribution in [0.5, 0.6) is 0 Å². The molecule has 3 heteroatoms. The van der Waals surface area contributed by atoms with Crippen LogP contribution in [0.4, 0.5) is 0 Å². The Bertz CT molecular complexity index is 347. The van der Waals surface area contributed by atoms with Crippen molar-refractivity contribution in [3.8, 4) is 0 Å². The van der Waals surface area contributed by atoms with Gasteiger partial charge in [0.05, 0.1) is 6.42 Å². The van der Waals surface area contributed by atoms with Gasteiger partial charge in [-0.3, -0.25) is 4.79 Å². The first-order chi connectivity index (χ1) is 7.00. The fraction of sp³-hybridized carbons (Fsp3) is 0.417. The van der Waals surface area contributed by atoms with Crippen molar-refractivity contribution in [2.24, 2.45) is 5.73 Å². The lowest BCUT2D eigenvalue weighted by Gasteiger charge is -2.19. The summed E-state index contributed by atoms with van der Waals surface area (Å²) in [4.78, 5) is 10.7. The number of hydrogen-bond donors (Lipinski definition) is 2. The summed E-state index contributed by atoms with van der Waals surface area (Å²) in [6, 6.07) is 7.70. The second-order valence-corrected chi connectivity index (χ2v) is 3.98. The van der Waals surface area contributed by atoms with Crippen LogP contribution in [0, 0.1) is 6.92 Å². The summed E-state index contributed by atoms with van der Waals surface area (Å²) in [5.41, 5.74) is 7.94. The van der Waals surface area contributed by atoms with Gasteiger partial charge in [0.25, 0.3) is 0 Å². The van der Waals surface area contributed by atoms with E-state index in [0.29, 0.717) is 0 Å². The standard InChI is InChI=1S/C12H17NO2/c1-8-4-3-5-10(6-8)11(9(2)13)7-12(14)15/h3-6,9,11H,7,13H2,1-2H3,(H,14,15). The van der Waals surface area contributed by atoms with Gasteiger partial charge in [-0.15, -0.1) is 0 Å². The van der Waals surface area contributed by atoms with Crippen LogP contribution in [0.15, 0.2) is 24.3 Å². The lowest BCUT2D eigenvalue weighted by Crippen LogP contribution is -2.26. The van der Waals surface area contributed by atoms with Gasteiger partial charge in [0.1, 0.15) is 0 Å². The highest BCUT2D eigenvalue weighted by Crippen LogP contribution is 2.23. The van der Waals surface area contributed by atoms with Crippen LogP contribution in [-0.4, -0.2) is 17.1 Å². The van der Waals surface area contributed by atoms with Crippen molar-refractivity contribution in [3.05, 3.63) is 35.4 Å². The quantitative estimate of drug-likeness (QED) is 0.792. The number of carbonyl (C=O) groups is 1. The molecule has 1 aromatic carbocycles. The van der Waals surface area contributed by atoms with E-state index in [1.807, 2.05) is 38.1 Å². The third-order valence-corrected chi connectivity index (χ3v) is 2.50. The van der Waals surface area contributed by atoms with Gasteiger partial charge in [0.15, 0.2) is 0 Å². The molecule has 2 unspecified atom stereocenters. The number of hydrogen-bond acceptors (Lipinski definition) is 2. The molecule has 3 N–H and O–H groups in total. The van der Waals surface area contributed by atoms with Crippen molar-refractivity contribution in [1.29, 1.82) is 0 Å². The fourth-order valence-corrected chi connectivity index (χ4v) is 1.70. The Morgan fingerprint density at radius 3 is 2.67 bits per heavy atom. The summed E-state index contributed by atoms with van der Waals surface area (Å²) in [6.07, 6.45) is 0.0844. The highest BCUT2D eigenvalue weighted by molar-refractivity contribution is 5.68. The summed E-state index contributed by atoms with van der Waals surface area (Å²) in [5.74, 6) is -0.916. The Balaban J connectivity index is 2.93. The van der Waals surface area contributed by atoms with Gasteiger partial charge in [-0.25, -0.2) is 0 Å². The van der Waals surface area contributed by atoms with E-state index in [-0.39, 0.29) is 18.4 Å². The molecule has 0 saturated carbocycles. The Hall–Kier alpha value is -1.35. The summed E-state index contributed by atoms with van der Waals surface area (Å²) >= 11 is 0. The molecule has 0 spiro atoms. The van der Waals surface area contributed by atoms with Crippen molar-refractivity contribution >= 4 is 5.97 Å². The smallest absolute Gasteiger partial charge is 0.304 e. The van der Waals surface area contributed by atoms with Crippen LogP contribution in [0.2, 0.25) is 0 Å². The Kier molecular flexibility index (Phi) is 3.86. The van der Waals surface area contributed by atoms with Gasteiger partial charge in [0, 0.05) is 12.0 Å². The maximum Gasteiger partial charge on any atom is 0.304 e. The van der Waals surface area contributed by atoms with Crippen molar-refractivity contribution in [2.75, 3.05) is 0 Å². The van der Waals surface area contributed by atoms with Crippen LogP contribution in [0.1, 0.15) is 30.4 Å². The third kappa shape index (κ3) is 3.36.